The maximum Gasteiger partial charge on any atom is 0.163 e. The predicted octanol–water partition coefficient (Wildman–Crippen LogP) is 5.00. The fraction of sp³-hybridized carbons (Fsp3) is 0.389. The van der Waals surface area contributed by atoms with Gasteiger partial charge in [0.25, 0.3) is 0 Å². The van der Waals surface area contributed by atoms with Crippen LogP contribution in [0.2, 0.25) is 0 Å². The van der Waals surface area contributed by atoms with Gasteiger partial charge in [-0.15, -0.1) is 0 Å². The van der Waals surface area contributed by atoms with E-state index in [0.717, 1.165) is 22.9 Å². The van der Waals surface area contributed by atoms with Gasteiger partial charge in [0.1, 0.15) is 5.75 Å². The maximum absolute atomic E-state index is 11.8. The van der Waals surface area contributed by atoms with Crippen LogP contribution in [0.25, 0.3) is 10.8 Å². The molecule has 0 aliphatic rings. The third-order valence-electron chi connectivity index (χ3n) is 3.50. The van der Waals surface area contributed by atoms with Gasteiger partial charge in [-0.2, -0.15) is 0 Å². The van der Waals surface area contributed by atoms with E-state index in [1.54, 1.807) is 6.92 Å². The number of carbonyl (C=O) groups is 1. The molecular weight excluding hydrogens is 248 g/mol. The van der Waals surface area contributed by atoms with Crippen molar-refractivity contribution in [2.75, 3.05) is 6.61 Å². The van der Waals surface area contributed by atoms with E-state index in [9.17, 15) is 4.79 Å². The van der Waals surface area contributed by atoms with Crippen LogP contribution in [0.1, 0.15) is 49.9 Å². The molecule has 2 rings (SSSR count). The minimum atomic E-state index is 0.0549. The normalized spacial score (nSPS) is 10.7. The monoisotopic (exact) mass is 270 g/mol. The Labute approximate surface area is 120 Å². The summed E-state index contributed by atoms with van der Waals surface area (Å²) >= 11 is 0. The molecule has 2 aromatic carbocycles. The number of rotatable bonds is 7. The molecule has 0 aromatic heterocycles. The predicted molar refractivity (Wildman–Crippen MR) is 83.6 cm³/mol. The number of fused-ring (bicyclic) bond motifs is 1. The second kappa shape index (κ2) is 7.09. The van der Waals surface area contributed by atoms with Crippen LogP contribution in [0.15, 0.2) is 36.4 Å². The Hall–Kier alpha value is -1.83. The lowest BCUT2D eigenvalue weighted by Gasteiger charge is -2.13. The molecule has 2 nitrogen and oxygen atoms in total. The molecule has 0 atom stereocenters. The van der Waals surface area contributed by atoms with Gasteiger partial charge in [0.15, 0.2) is 5.78 Å². The second-order valence-corrected chi connectivity index (χ2v) is 5.13. The molecule has 2 heteroatoms. The van der Waals surface area contributed by atoms with Crippen LogP contribution in [0.4, 0.5) is 0 Å². The number of hydrogen-bond donors (Lipinski definition) is 0. The van der Waals surface area contributed by atoms with Crippen molar-refractivity contribution in [3.63, 3.8) is 0 Å². The second-order valence-electron chi connectivity index (χ2n) is 5.13. The quantitative estimate of drug-likeness (QED) is 0.522. The molecule has 0 N–H and O–H groups in total. The van der Waals surface area contributed by atoms with E-state index in [4.69, 9.17) is 4.74 Å². The van der Waals surface area contributed by atoms with Gasteiger partial charge >= 0.3 is 0 Å². The number of ether oxygens (including phenoxy) is 1. The first-order valence-corrected chi connectivity index (χ1v) is 7.39. The van der Waals surface area contributed by atoms with Gasteiger partial charge in [-0.1, -0.05) is 56.5 Å². The zero-order valence-corrected chi connectivity index (χ0v) is 12.3. The van der Waals surface area contributed by atoms with E-state index in [1.807, 2.05) is 36.4 Å². The highest BCUT2D eigenvalue weighted by atomic mass is 16.5. The minimum Gasteiger partial charge on any atom is -0.492 e. The molecule has 0 fully saturated rings. The van der Waals surface area contributed by atoms with Crippen LogP contribution in [0, 0.1) is 0 Å². The topological polar surface area (TPSA) is 26.3 Å². The van der Waals surface area contributed by atoms with Crippen molar-refractivity contribution in [2.45, 2.75) is 39.5 Å². The molecule has 2 aromatic rings. The number of unbranched alkanes of at least 4 members (excludes halogenated alkanes) is 3. The highest BCUT2D eigenvalue weighted by Gasteiger charge is 2.12. The van der Waals surface area contributed by atoms with Crippen molar-refractivity contribution in [2.24, 2.45) is 0 Å². The smallest absolute Gasteiger partial charge is 0.163 e. The fourth-order valence-corrected chi connectivity index (χ4v) is 2.38. The molecule has 20 heavy (non-hydrogen) atoms. The summed E-state index contributed by atoms with van der Waals surface area (Å²) in [5, 5.41) is 2.14. The Balaban J connectivity index is 2.23. The third kappa shape index (κ3) is 3.38. The Morgan fingerprint density at radius 3 is 2.60 bits per heavy atom. The van der Waals surface area contributed by atoms with Crippen LogP contribution in [0.5, 0.6) is 5.75 Å². The zero-order chi connectivity index (χ0) is 14.4. The van der Waals surface area contributed by atoms with Crippen LogP contribution in [-0.4, -0.2) is 12.4 Å². The lowest BCUT2D eigenvalue weighted by atomic mass is 10.0. The largest absolute Gasteiger partial charge is 0.492 e. The SMILES string of the molecule is CCCCCCOc1c(C(C)=O)ccc2ccccc12. The summed E-state index contributed by atoms with van der Waals surface area (Å²) in [7, 11) is 0. The van der Waals surface area contributed by atoms with Gasteiger partial charge in [0.2, 0.25) is 0 Å². The number of carbonyl (C=O) groups excluding carboxylic acids is 1. The first-order chi connectivity index (χ1) is 9.74. The van der Waals surface area contributed by atoms with E-state index >= 15 is 0 Å². The molecule has 0 saturated carbocycles. The van der Waals surface area contributed by atoms with Gasteiger partial charge in [-0.25, -0.2) is 0 Å². The Kier molecular flexibility index (Phi) is 5.16. The first kappa shape index (κ1) is 14.6. The average molecular weight is 270 g/mol. The number of ketones is 1. The lowest BCUT2D eigenvalue weighted by Crippen LogP contribution is -2.03. The van der Waals surface area contributed by atoms with Crippen molar-refractivity contribution in [1.82, 2.24) is 0 Å². The van der Waals surface area contributed by atoms with Crippen molar-refractivity contribution in [3.05, 3.63) is 42.0 Å². The van der Waals surface area contributed by atoms with Gasteiger partial charge in [0, 0.05) is 5.39 Å². The van der Waals surface area contributed by atoms with Gasteiger partial charge in [-0.3, -0.25) is 4.79 Å². The molecule has 0 bridgehead atoms. The summed E-state index contributed by atoms with van der Waals surface area (Å²) in [4.78, 5) is 11.8. The molecule has 0 aliphatic heterocycles. The maximum atomic E-state index is 11.8. The Morgan fingerprint density at radius 2 is 1.85 bits per heavy atom. The van der Waals surface area contributed by atoms with Crippen molar-refractivity contribution < 1.29 is 9.53 Å². The molecule has 0 aliphatic carbocycles. The summed E-state index contributed by atoms with van der Waals surface area (Å²) in [6.07, 6.45) is 4.66. The minimum absolute atomic E-state index is 0.0549. The van der Waals surface area contributed by atoms with Crippen molar-refractivity contribution in [1.29, 1.82) is 0 Å². The molecular formula is C18H22O2. The fourth-order valence-electron chi connectivity index (χ4n) is 2.38. The highest BCUT2D eigenvalue weighted by Crippen LogP contribution is 2.30. The molecule has 0 amide bonds. The van der Waals surface area contributed by atoms with Crippen LogP contribution in [0.3, 0.4) is 0 Å². The van der Waals surface area contributed by atoms with Crippen LogP contribution < -0.4 is 4.74 Å². The number of benzene rings is 2. The zero-order valence-electron chi connectivity index (χ0n) is 12.3. The van der Waals surface area contributed by atoms with Crippen molar-refractivity contribution in [3.8, 4) is 5.75 Å². The van der Waals surface area contributed by atoms with Gasteiger partial charge < -0.3 is 4.74 Å². The van der Waals surface area contributed by atoms with Gasteiger partial charge in [0.05, 0.1) is 12.2 Å². The lowest BCUT2D eigenvalue weighted by molar-refractivity contribution is 0.101. The number of hydrogen-bond acceptors (Lipinski definition) is 2. The highest BCUT2D eigenvalue weighted by molar-refractivity contribution is 6.03. The molecule has 0 radical (unpaired) electrons. The summed E-state index contributed by atoms with van der Waals surface area (Å²) in [5.41, 5.74) is 0.680. The summed E-state index contributed by atoms with van der Waals surface area (Å²) < 4.78 is 5.94. The Bertz CT molecular complexity index is 587. The standard InChI is InChI=1S/C18H22O2/c1-3-4-5-8-13-20-18-16(14(2)19)12-11-15-9-6-7-10-17(15)18/h6-7,9-12H,3-5,8,13H2,1-2H3. The van der Waals surface area contributed by atoms with Crippen molar-refractivity contribution >= 4 is 16.6 Å². The first-order valence-electron chi connectivity index (χ1n) is 7.39. The summed E-state index contributed by atoms with van der Waals surface area (Å²) in [6, 6.07) is 11.9. The average Bonchev–Trinajstić information content (AvgIpc) is 2.46. The van der Waals surface area contributed by atoms with Crippen LogP contribution >= 0.6 is 0 Å². The summed E-state index contributed by atoms with van der Waals surface area (Å²) in [5.74, 6) is 0.798. The van der Waals surface area contributed by atoms with Gasteiger partial charge in [-0.05, 0) is 24.8 Å². The summed E-state index contributed by atoms with van der Waals surface area (Å²) in [6.45, 7) is 4.46. The Morgan fingerprint density at radius 1 is 1.05 bits per heavy atom. The van der Waals surface area contributed by atoms with E-state index in [-0.39, 0.29) is 5.78 Å². The van der Waals surface area contributed by atoms with E-state index in [1.165, 1.54) is 19.3 Å². The van der Waals surface area contributed by atoms with E-state index in [0.29, 0.717) is 12.2 Å². The number of Topliss-reactive ketones (excluding diaryl/α,β-unsaturated/α-hetero) is 1. The molecule has 0 heterocycles. The third-order valence-corrected chi connectivity index (χ3v) is 3.50. The van der Waals surface area contributed by atoms with E-state index < -0.39 is 0 Å². The molecule has 0 unspecified atom stereocenters. The molecule has 0 spiro atoms. The molecule has 106 valence electrons. The van der Waals surface area contributed by atoms with Crippen LogP contribution in [-0.2, 0) is 0 Å². The molecule has 0 saturated heterocycles. The van der Waals surface area contributed by atoms with E-state index in [2.05, 4.69) is 6.92 Å².